The van der Waals surface area contributed by atoms with Crippen LogP contribution in [0.25, 0.3) is 6.08 Å². The number of carbonyl (C=O) groups is 1. The SMILES string of the molecule is Cc1cc(/C=C/C#N)cc(C)c1Oc1nc(NC23CC(C#N)(C2)C3)nc2c1C1(C)OC[C@H](C)CN1C2=O. The van der Waals surface area contributed by atoms with Gasteiger partial charge in [0.15, 0.2) is 5.72 Å². The number of rotatable bonds is 5. The molecule has 3 heterocycles. The summed E-state index contributed by atoms with van der Waals surface area (Å²) >= 11 is 0. The van der Waals surface area contributed by atoms with E-state index >= 15 is 0 Å². The fourth-order valence-corrected chi connectivity index (χ4v) is 6.42. The number of fused-ring (bicyclic) bond motifs is 3. The summed E-state index contributed by atoms with van der Waals surface area (Å²) < 4.78 is 12.8. The number of allylic oxidation sites excluding steroid dienone is 1. The molecule has 2 aromatic rings. The van der Waals surface area contributed by atoms with Gasteiger partial charge in [0.05, 0.1) is 29.7 Å². The van der Waals surface area contributed by atoms with E-state index in [1.165, 1.54) is 6.08 Å². The van der Waals surface area contributed by atoms with Gasteiger partial charge in [-0.2, -0.15) is 15.5 Å². The molecule has 1 unspecified atom stereocenters. The minimum Gasteiger partial charge on any atom is -0.438 e. The van der Waals surface area contributed by atoms with E-state index in [1.807, 2.05) is 39.0 Å². The molecule has 0 spiro atoms. The van der Waals surface area contributed by atoms with Gasteiger partial charge < -0.3 is 19.7 Å². The lowest BCUT2D eigenvalue weighted by Gasteiger charge is -2.66. The molecule has 1 N–H and O–H groups in total. The van der Waals surface area contributed by atoms with Crippen LogP contribution in [0.15, 0.2) is 18.2 Å². The molecule has 1 aromatic heterocycles. The van der Waals surface area contributed by atoms with Gasteiger partial charge in [-0.1, -0.05) is 6.92 Å². The first-order valence-electron chi connectivity index (χ1n) is 12.5. The van der Waals surface area contributed by atoms with Crippen LogP contribution < -0.4 is 10.1 Å². The number of carbonyl (C=O) groups excluding carboxylic acids is 1. The first-order valence-corrected chi connectivity index (χ1v) is 12.5. The fraction of sp³-hybridized carbons (Fsp3) is 0.464. The molecule has 37 heavy (non-hydrogen) atoms. The first-order chi connectivity index (χ1) is 17.6. The molecule has 4 fully saturated rings. The number of nitrogens with zero attached hydrogens (tertiary/aromatic N) is 5. The number of benzene rings is 1. The Labute approximate surface area is 215 Å². The van der Waals surface area contributed by atoms with Gasteiger partial charge in [0.1, 0.15) is 11.4 Å². The predicted molar refractivity (Wildman–Crippen MR) is 134 cm³/mol. The Balaban J connectivity index is 1.43. The molecule has 2 aliphatic heterocycles. The molecule has 3 aliphatic carbocycles. The maximum atomic E-state index is 13.6. The van der Waals surface area contributed by atoms with Crippen LogP contribution in [-0.4, -0.2) is 39.5 Å². The average molecular weight is 497 g/mol. The van der Waals surface area contributed by atoms with Crippen LogP contribution in [0.4, 0.5) is 5.95 Å². The number of ether oxygens (including phenoxy) is 2. The smallest absolute Gasteiger partial charge is 0.275 e. The zero-order chi connectivity index (χ0) is 26.2. The summed E-state index contributed by atoms with van der Waals surface area (Å²) in [4.78, 5) is 24.7. The van der Waals surface area contributed by atoms with E-state index in [-0.39, 0.29) is 34.4 Å². The normalized spacial score (nSPS) is 31.0. The third-order valence-corrected chi connectivity index (χ3v) is 8.12. The van der Waals surface area contributed by atoms with Gasteiger partial charge >= 0.3 is 0 Å². The lowest BCUT2D eigenvalue weighted by atomic mass is 9.40. The molecule has 1 aromatic carbocycles. The highest BCUT2D eigenvalue weighted by Crippen LogP contribution is 2.67. The van der Waals surface area contributed by atoms with Crippen LogP contribution in [0.1, 0.15) is 65.9 Å². The van der Waals surface area contributed by atoms with E-state index in [0.29, 0.717) is 30.4 Å². The largest absolute Gasteiger partial charge is 0.438 e. The van der Waals surface area contributed by atoms with Crippen molar-refractivity contribution in [3.8, 4) is 23.8 Å². The highest BCUT2D eigenvalue weighted by atomic mass is 16.5. The van der Waals surface area contributed by atoms with Crippen molar-refractivity contribution in [3.05, 3.63) is 46.2 Å². The minimum atomic E-state index is -1.02. The molecule has 9 nitrogen and oxygen atoms in total. The Kier molecular flexibility index (Phi) is 4.93. The second kappa shape index (κ2) is 7.77. The third-order valence-electron chi connectivity index (χ3n) is 8.12. The zero-order valence-corrected chi connectivity index (χ0v) is 21.4. The van der Waals surface area contributed by atoms with Crippen LogP contribution >= 0.6 is 0 Å². The molecule has 1 saturated heterocycles. The molecule has 9 heteroatoms. The zero-order valence-electron chi connectivity index (χ0n) is 21.4. The maximum absolute atomic E-state index is 13.6. The van der Waals surface area contributed by atoms with Crippen LogP contribution in [0, 0.1) is 47.8 Å². The Bertz CT molecular complexity index is 1420. The highest BCUT2D eigenvalue weighted by Gasteiger charge is 2.69. The molecule has 0 radical (unpaired) electrons. The topological polar surface area (TPSA) is 124 Å². The van der Waals surface area contributed by atoms with E-state index in [1.54, 1.807) is 11.0 Å². The summed E-state index contributed by atoms with van der Waals surface area (Å²) in [6.45, 7) is 8.87. The van der Waals surface area contributed by atoms with Crippen LogP contribution in [0.3, 0.4) is 0 Å². The Hall–Kier alpha value is -3.95. The van der Waals surface area contributed by atoms with Crippen molar-refractivity contribution in [1.82, 2.24) is 14.9 Å². The van der Waals surface area contributed by atoms with E-state index < -0.39 is 5.72 Å². The molecule has 3 saturated carbocycles. The summed E-state index contributed by atoms with van der Waals surface area (Å²) in [7, 11) is 0. The van der Waals surface area contributed by atoms with Crippen molar-refractivity contribution in [3.63, 3.8) is 0 Å². The lowest BCUT2D eigenvalue weighted by molar-refractivity contribution is -0.171. The molecular weight excluding hydrogens is 468 g/mol. The van der Waals surface area contributed by atoms with E-state index in [0.717, 1.165) is 36.0 Å². The van der Waals surface area contributed by atoms with Gasteiger partial charge in [0.2, 0.25) is 11.8 Å². The van der Waals surface area contributed by atoms with E-state index in [9.17, 15) is 10.1 Å². The van der Waals surface area contributed by atoms with Gasteiger partial charge in [-0.05, 0) is 80.9 Å². The number of aromatic nitrogens is 2. The highest BCUT2D eigenvalue weighted by molar-refractivity contribution is 5.99. The van der Waals surface area contributed by atoms with Gasteiger partial charge in [0.25, 0.3) is 5.91 Å². The second-order valence-electron chi connectivity index (χ2n) is 11.3. The number of anilines is 1. The summed E-state index contributed by atoms with van der Waals surface area (Å²) in [6, 6.07) is 8.31. The molecule has 188 valence electrons. The first kappa shape index (κ1) is 23.4. The predicted octanol–water partition coefficient (Wildman–Crippen LogP) is 4.58. The van der Waals surface area contributed by atoms with Crippen molar-refractivity contribution in [2.75, 3.05) is 18.5 Å². The molecule has 1 amide bonds. The van der Waals surface area contributed by atoms with Crippen LogP contribution in [0.5, 0.6) is 11.6 Å². The van der Waals surface area contributed by atoms with Crippen LogP contribution in [-0.2, 0) is 10.5 Å². The standard InChI is InChI=1S/C28H28N6O3/c1-16-10-34-24(35)21-20(26(34,4)36-11-16)23(32-25(31-21)33-28-12-27(13-28,14-28)15-30)37-22-17(2)8-19(6-5-7-29)9-18(22)3/h5-6,8-9,16H,10-14H2,1-4H3,(H,31,32,33)/b6-5+/t16-,26?,27?,28?/m1/s1. The fourth-order valence-electron chi connectivity index (χ4n) is 6.42. The summed E-state index contributed by atoms with van der Waals surface area (Å²) in [6.07, 6.45) is 5.44. The number of hydrogen-bond acceptors (Lipinski definition) is 8. The molecule has 2 bridgehead atoms. The number of aryl methyl sites for hydroxylation is 2. The average Bonchev–Trinajstić information content (AvgIpc) is 3.03. The van der Waals surface area contributed by atoms with Gasteiger partial charge in [0, 0.05) is 18.2 Å². The summed E-state index contributed by atoms with van der Waals surface area (Å²) in [5.74, 6) is 1.24. The molecule has 5 aliphatic rings. The van der Waals surface area contributed by atoms with Crippen molar-refractivity contribution in [1.29, 1.82) is 10.5 Å². The third kappa shape index (κ3) is 3.42. The molecular formula is C28H28N6O3. The number of nitriles is 2. The van der Waals surface area contributed by atoms with Crippen molar-refractivity contribution in [2.24, 2.45) is 11.3 Å². The van der Waals surface area contributed by atoms with Gasteiger partial charge in [-0.25, -0.2) is 4.98 Å². The van der Waals surface area contributed by atoms with E-state index in [2.05, 4.69) is 23.3 Å². The number of amides is 1. The van der Waals surface area contributed by atoms with Crippen molar-refractivity contribution in [2.45, 2.75) is 58.2 Å². The second-order valence-corrected chi connectivity index (χ2v) is 11.3. The number of hydrogen-bond donors (Lipinski definition) is 1. The quantitative estimate of drug-likeness (QED) is 0.597. The van der Waals surface area contributed by atoms with Gasteiger partial charge in [-0.3, -0.25) is 4.79 Å². The van der Waals surface area contributed by atoms with E-state index in [4.69, 9.17) is 19.7 Å². The lowest BCUT2D eigenvalue weighted by Crippen LogP contribution is -2.70. The maximum Gasteiger partial charge on any atom is 0.275 e. The Morgan fingerprint density at radius 3 is 2.57 bits per heavy atom. The molecule has 7 rings (SSSR count). The van der Waals surface area contributed by atoms with Crippen molar-refractivity contribution >= 4 is 17.9 Å². The summed E-state index contributed by atoms with van der Waals surface area (Å²) in [5.41, 5.74) is 2.01. The monoisotopic (exact) mass is 496 g/mol. The van der Waals surface area contributed by atoms with Crippen LogP contribution in [0.2, 0.25) is 0 Å². The van der Waals surface area contributed by atoms with Gasteiger partial charge in [-0.15, -0.1) is 0 Å². The Morgan fingerprint density at radius 1 is 1.22 bits per heavy atom. The minimum absolute atomic E-state index is 0.197. The number of nitrogens with one attached hydrogen (secondary N) is 1. The van der Waals surface area contributed by atoms with Crippen molar-refractivity contribution < 1.29 is 14.3 Å². The molecule has 2 atom stereocenters. The summed E-state index contributed by atoms with van der Waals surface area (Å²) in [5, 5.41) is 21.7. The Morgan fingerprint density at radius 2 is 1.92 bits per heavy atom.